The van der Waals surface area contributed by atoms with Crippen LogP contribution in [-0.4, -0.2) is 53.9 Å². The first-order chi connectivity index (χ1) is 17.4. The number of ether oxygens (including phenoxy) is 3. The van der Waals surface area contributed by atoms with Gasteiger partial charge in [-0.1, -0.05) is 108 Å². The molecule has 0 radical (unpaired) electrons. The van der Waals surface area contributed by atoms with Crippen LogP contribution in [0.2, 0.25) is 5.04 Å². The normalized spacial score (nSPS) is 12.9. The van der Waals surface area contributed by atoms with Crippen LogP contribution >= 0.6 is 0 Å². The van der Waals surface area contributed by atoms with Crippen LogP contribution in [0.4, 0.5) is 0 Å². The van der Waals surface area contributed by atoms with Crippen LogP contribution in [-0.2, 0) is 23.4 Å². The van der Waals surface area contributed by atoms with Crippen LogP contribution in [0.15, 0.2) is 60.7 Å². The van der Waals surface area contributed by atoms with E-state index in [2.05, 4.69) is 88.4 Å². The van der Waals surface area contributed by atoms with Crippen LogP contribution in [0.3, 0.4) is 0 Å². The lowest BCUT2D eigenvalue weighted by Crippen LogP contribution is -2.66. The van der Waals surface area contributed by atoms with Crippen molar-refractivity contribution in [1.29, 1.82) is 0 Å². The van der Waals surface area contributed by atoms with Gasteiger partial charge in [0.15, 0.2) is 0 Å². The molecular formula is C30H46O5Si. The smallest absolute Gasteiger partial charge is 0.308 e. The number of carbonyl (C=O) groups excluding carboxylic acids is 1. The molecule has 0 fully saturated rings. The highest BCUT2D eigenvalue weighted by molar-refractivity contribution is 6.99. The van der Waals surface area contributed by atoms with Gasteiger partial charge in [-0.15, -0.1) is 0 Å². The summed E-state index contributed by atoms with van der Waals surface area (Å²) in [5.41, 5.74) is 0. The maximum absolute atomic E-state index is 12.1. The minimum absolute atomic E-state index is 0.00354. The SMILES string of the molecule is CCCCC(CC)C(=O)OCCOCCOCCO[Si](c1ccccc1)(c1ccccc1)C(C)(C)C. The van der Waals surface area contributed by atoms with Gasteiger partial charge in [0.1, 0.15) is 6.61 Å². The molecule has 0 heterocycles. The summed E-state index contributed by atoms with van der Waals surface area (Å²) in [7, 11) is -2.53. The highest BCUT2D eigenvalue weighted by Gasteiger charge is 2.49. The Hall–Kier alpha value is -1.99. The van der Waals surface area contributed by atoms with E-state index in [0.29, 0.717) is 39.6 Å². The van der Waals surface area contributed by atoms with E-state index in [1.165, 1.54) is 10.4 Å². The predicted octanol–water partition coefficient (Wildman–Crippen LogP) is 5.36. The molecule has 1 unspecified atom stereocenters. The van der Waals surface area contributed by atoms with Crippen molar-refractivity contribution in [3.05, 3.63) is 60.7 Å². The first-order valence-electron chi connectivity index (χ1n) is 13.4. The second kappa shape index (κ2) is 16.0. The topological polar surface area (TPSA) is 54.0 Å². The minimum atomic E-state index is -2.53. The molecule has 2 aromatic rings. The van der Waals surface area contributed by atoms with Crippen LogP contribution in [0.25, 0.3) is 0 Å². The lowest BCUT2D eigenvalue weighted by molar-refractivity contribution is -0.150. The van der Waals surface area contributed by atoms with E-state index in [1.807, 2.05) is 6.92 Å². The van der Waals surface area contributed by atoms with Gasteiger partial charge in [0.25, 0.3) is 8.32 Å². The lowest BCUT2D eigenvalue weighted by Gasteiger charge is -2.43. The zero-order valence-corrected chi connectivity index (χ0v) is 24.0. The Bertz CT molecular complexity index is 811. The van der Waals surface area contributed by atoms with Gasteiger partial charge in [-0.3, -0.25) is 4.79 Å². The molecule has 2 rings (SSSR count). The van der Waals surface area contributed by atoms with Crippen molar-refractivity contribution in [3.63, 3.8) is 0 Å². The molecule has 0 aromatic heterocycles. The molecule has 5 nitrogen and oxygen atoms in total. The third-order valence-electron chi connectivity index (χ3n) is 6.54. The molecule has 0 saturated heterocycles. The number of carbonyl (C=O) groups is 1. The van der Waals surface area contributed by atoms with Crippen LogP contribution in [0, 0.1) is 5.92 Å². The van der Waals surface area contributed by atoms with Crippen LogP contribution < -0.4 is 10.4 Å². The Labute approximate surface area is 219 Å². The molecule has 200 valence electrons. The van der Waals surface area contributed by atoms with E-state index in [0.717, 1.165) is 25.7 Å². The molecule has 0 saturated carbocycles. The molecule has 0 spiro atoms. The van der Waals surface area contributed by atoms with Gasteiger partial charge in [-0.2, -0.15) is 0 Å². The molecule has 0 aliphatic rings. The molecule has 0 aliphatic carbocycles. The molecule has 2 aromatic carbocycles. The first-order valence-corrected chi connectivity index (χ1v) is 15.3. The van der Waals surface area contributed by atoms with Gasteiger partial charge in [-0.25, -0.2) is 0 Å². The van der Waals surface area contributed by atoms with Crippen molar-refractivity contribution < 1.29 is 23.4 Å². The zero-order valence-electron chi connectivity index (χ0n) is 23.0. The maximum atomic E-state index is 12.1. The quantitative estimate of drug-likeness (QED) is 0.162. The molecule has 0 N–H and O–H groups in total. The van der Waals surface area contributed by atoms with E-state index in [4.69, 9.17) is 18.6 Å². The summed E-state index contributed by atoms with van der Waals surface area (Å²) < 4.78 is 23.6. The Morgan fingerprint density at radius 2 is 1.28 bits per heavy atom. The number of hydrogen-bond acceptors (Lipinski definition) is 5. The molecule has 0 aliphatic heterocycles. The second-order valence-electron chi connectivity index (χ2n) is 10.2. The number of benzene rings is 2. The van der Waals surface area contributed by atoms with E-state index < -0.39 is 8.32 Å². The maximum Gasteiger partial charge on any atom is 0.308 e. The highest BCUT2D eigenvalue weighted by atomic mass is 28.4. The molecule has 0 bridgehead atoms. The lowest BCUT2D eigenvalue weighted by atomic mass is 10.00. The Balaban J connectivity index is 1.78. The third-order valence-corrected chi connectivity index (χ3v) is 11.6. The molecule has 1 atom stereocenters. The van der Waals surface area contributed by atoms with Crippen molar-refractivity contribution in [2.75, 3.05) is 39.6 Å². The fourth-order valence-corrected chi connectivity index (χ4v) is 9.14. The summed E-state index contributed by atoms with van der Waals surface area (Å²) in [5, 5.41) is 2.48. The zero-order chi connectivity index (χ0) is 26.3. The van der Waals surface area contributed by atoms with Gasteiger partial charge in [0.05, 0.1) is 39.0 Å². The molecule has 36 heavy (non-hydrogen) atoms. The van der Waals surface area contributed by atoms with Gasteiger partial charge >= 0.3 is 5.97 Å². The van der Waals surface area contributed by atoms with Crippen molar-refractivity contribution in [2.24, 2.45) is 5.92 Å². The van der Waals surface area contributed by atoms with Gasteiger partial charge in [-0.05, 0) is 28.3 Å². The van der Waals surface area contributed by atoms with Gasteiger partial charge < -0.3 is 18.6 Å². The molecular weight excluding hydrogens is 468 g/mol. The van der Waals surface area contributed by atoms with Crippen molar-refractivity contribution >= 4 is 24.7 Å². The number of hydrogen-bond donors (Lipinski definition) is 0. The molecule has 6 heteroatoms. The standard InChI is InChI=1S/C30H46O5Si/c1-6-8-15-26(7-2)29(31)34-24-22-32-20-21-33-23-25-35-36(30(3,4)5,27-16-11-9-12-17-27)28-18-13-10-14-19-28/h9-14,16-19,26H,6-8,15,20-25H2,1-5H3. The highest BCUT2D eigenvalue weighted by Crippen LogP contribution is 2.36. The summed E-state index contributed by atoms with van der Waals surface area (Å²) in [6.07, 6.45) is 3.87. The Morgan fingerprint density at radius 3 is 1.75 bits per heavy atom. The summed E-state index contributed by atoms with van der Waals surface area (Å²) in [6.45, 7) is 13.6. The van der Waals surface area contributed by atoms with Gasteiger partial charge in [0, 0.05) is 0 Å². The van der Waals surface area contributed by atoms with Crippen molar-refractivity contribution in [3.8, 4) is 0 Å². The second-order valence-corrected chi connectivity index (χ2v) is 14.5. The number of esters is 1. The van der Waals surface area contributed by atoms with E-state index >= 15 is 0 Å². The van der Waals surface area contributed by atoms with Crippen molar-refractivity contribution in [1.82, 2.24) is 0 Å². The van der Waals surface area contributed by atoms with E-state index in [-0.39, 0.29) is 16.9 Å². The van der Waals surface area contributed by atoms with Crippen molar-refractivity contribution in [2.45, 2.75) is 65.3 Å². The largest absolute Gasteiger partial charge is 0.463 e. The molecule has 0 amide bonds. The van der Waals surface area contributed by atoms with E-state index in [1.54, 1.807) is 0 Å². The summed E-state index contributed by atoms with van der Waals surface area (Å²) in [6, 6.07) is 21.2. The average Bonchev–Trinajstić information content (AvgIpc) is 2.88. The number of rotatable bonds is 17. The Kier molecular flexibility index (Phi) is 13.4. The predicted molar refractivity (Wildman–Crippen MR) is 149 cm³/mol. The summed E-state index contributed by atoms with van der Waals surface area (Å²) >= 11 is 0. The fourth-order valence-electron chi connectivity index (χ4n) is 4.60. The van der Waals surface area contributed by atoms with Gasteiger partial charge in [0.2, 0.25) is 0 Å². The monoisotopic (exact) mass is 514 g/mol. The average molecular weight is 515 g/mol. The third kappa shape index (κ3) is 8.84. The summed E-state index contributed by atoms with van der Waals surface area (Å²) in [5.74, 6) is -0.102. The number of unbranched alkanes of at least 4 members (excludes halogenated alkanes) is 1. The Morgan fingerprint density at radius 1 is 0.778 bits per heavy atom. The summed E-state index contributed by atoms with van der Waals surface area (Å²) in [4.78, 5) is 12.1. The van der Waals surface area contributed by atoms with E-state index in [9.17, 15) is 4.79 Å². The minimum Gasteiger partial charge on any atom is -0.463 e. The van der Waals surface area contributed by atoms with Crippen LogP contribution in [0.5, 0.6) is 0 Å². The first kappa shape index (κ1) is 30.2. The van der Waals surface area contributed by atoms with Crippen LogP contribution in [0.1, 0.15) is 60.3 Å². The fraction of sp³-hybridized carbons (Fsp3) is 0.567.